The van der Waals surface area contributed by atoms with Crippen LogP contribution in [0.5, 0.6) is 0 Å². The highest BCUT2D eigenvalue weighted by molar-refractivity contribution is 6.01. The van der Waals surface area contributed by atoms with Gasteiger partial charge in [0.1, 0.15) is 6.04 Å². The number of hydrogen-bond acceptors (Lipinski definition) is 4. The third kappa shape index (κ3) is 3.21. The molecule has 6 heteroatoms. The second-order valence-electron chi connectivity index (χ2n) is 5.28. The Labute approximate surface area is 123 Å². The van der Waals surface area contributed by atoms with Gasteiger partial charge >= 0.3 is 0 Å². The highest BCUT2D eigenvalue weighted by Gasteiger charge is 2.33. The molecule has 0 saturated carbocycles. The number of likely N-dealkylation sites (tertiary alicyclic amines) is 1. The highest BCUT2D eigenvalue weighted by Crippen LogP contribution is 2.19. The summed E-state index contributed by atoms with van der Waals surface area (Å²) < 4.78 is 0. The Kier molecular flexibility index (Phi) is 4.26. The van der Waals surface area contributed by atoms with E-state index in [4.69, 9.17) is 5.73 Å². The van der Waals surface area contributed by atoms with Crippen LogP contribution in [0.2, 0.25) is 0 Å². The summed E-state index contributed by atoms with van der Waals surface area (Å²) in [6.07, 6.45) is 0.608. The zero-order valence-corrected chi connectivity index (χ0v) is 12.1. The molecule has 0 aliphatic carbocycles. The molecule has 1 aromatic carbocycles. The molecule has 1 fully saturated rings. The van der Waals surface area contributed by atoms with Gasteiger partial charge in [0.2, 0.25) is 11.8 Å². The first-order valence-electron chi connectivity index (χ1n) is 6.86. The van der Waals surface area contributed by atoms with Crippen LogP contribution in [0.1, 0.15) is 31.2 Å². The van der Waals surface area contributed by atoms with Crippen molar-refractivity contribution in [3.63, 3.8) is 0 Å². The summed E-state index contributed by atoms with van der Waals surface area (Å²) in [5.41, 5.74) is 7.09. The smallest absolute Gasteiger partial charge is 0.251 e. The number of nitrogens with two attached hydrogens (primary N) is 1. The zero-order chi connectivity index (χ0) is 15.6. The maximum atomic E-state index is 12.2. The summed E-state index contributed by atoms with van der Waals surface area (Å²) in [6.45, 7) is 1.76. The van der Waals surface area contributed by atoms with Crippen LogP contribution < -0.4 is 11.1 Å². The van der Waals surface area contributed by atoms with Crippen LogP contribution in [-0.4, -0.2) is 35.7 Å². The van der Waals surface area contributed by atoms with Crippen LogP contribution in [0.4, 0.5) is 5.69 Å². The third-order valence-corrected chi connectivity index (χ3v) is 3.77. The van der Waals surface area contributed by atoms with Crippen LogP contribution >= 0.6 is 0 Å². The molecular formula is C15H19N3O3. The number of carbonyl (C=O) groups excluding carboxylic acids is 3. The molecule has 0 radical (unpaired) electrons. The standard InChI is InChI=1S/C15H19N3O3/c1-9(10-4-3-5-11(16)8-10)14(20)17-12-6-7-13(19)18(2)15(12)21/h3-5,8-9,12H,6-7,16H2,1-2H3,(H,17,20). The Bertz CT molecular complexity index is 585. The highest BCUT2D eigenvalue weighted by atomic mass is 16.2. The molecule has 1 aromatic rings. The lowest BCUT2D eigenvalue weighted by atomic mass is 9.98. The average Bonchev–Trinajstić information content (AvgIpc) is 2.47. The summed E-state index contributed by atoms with van der Waals surface area (Å²) >= 11 is 0. The van der Waals surface area contributed by atoms with E-state index in [9.17, 15) is 14.4 Å². The lowest BCUT2D eigenvalue weighted by Crippen LogP contribution is -2.53. The third-order valence-electron chi connectivity index (χ3n) is 3.77. The van der Waals surface area contributed by atoms with Gasteiger partial charge in [0, 0.05) is 19.2 Å². The predicted octanol–water partition coefficient (Wildman–Crippen LogP) is 0.636. The van der Waals surface area contributed by atoms with Crippen LogP contribution in [0.15, 0.2) is 24.3 Å². The first-order valence-corrected chi connectivity index (χ1v) is 6.86. The Balaban J connectivity index is 2.04. The number of hydrogen-bond donors (Lipinski definition) is 2. The molecule has 21 heavy (non-hydrogen) atoms. The van der Waals surface area contributed by atoms with Gasteiger partial charge in [0.05, 0.1) is 5.92 Å². The van der Waals surface area contributed by atoms with Gasteiger partial charge in [-0.1, -0.05) is 12.1 Å². The van der Waals surface area contributed by atoms with Gasteiger partial charge in [-0.05, 0) is 31.0 Å². The molecule has 1 saturated heterocycles. The van der Waals surface area contributed by atoms with Crippen molar-refractivity contribution in [2.24, 2.45) is 0 Å². The minimum atomic E-state index is -0.635. The minimum Gasteiger partial charge on any atom is -0.399 e. The molecule has 2 rings (SSSR count). The number of carbonyl (C=O) groups is 3. The topological polar surface area (TPSA) is 92.5 Å². The number of nitrogens with one attached hydrogen (secondary N) is 1. The van der Waals surface area contributed by atoms with Crippen LogP contribution in [-0.2, 0) is 14.4 Å². The van der Waals surface area contributed by atoms with E-state index < -0.39 is 12.0 Å². The van der Waals surface area contributed by atoms with Gasteiger partial charge in [0.15, 0.2) is 0 Å². The summed E-state index contributed by atoms with van der Waals surface area (Å²) in [5, 5.41) is 2.71. The van der Waals surface area contributed by atoms with Crippen molar-refractivity contribution in [2.45, 2.75) is 31.7 Å². The molecule has 6 nitrogen and oxygen atoms in total. The van der Waals surface area contributed by atoms with Gasteiger partial charge in [-0.2, -0.15) is 0 Å². The number of rotatable bonds is 3. The number of anilines is 1. The fourth-order valence-corrected chi connectivity index (χ4v) is 2.33. The lowest BCUT2D eigenvalue weighted by Gasteiger charge is -2.29. The van der Waals surface area contributed by atoms with Crippen molar-refractivity contribution in [1.82, 2.24) is 10.2 Å². The number of piperidine rings is 1. The maximum absolute atomic E-state index is 12.2. The SMILES string of the molecule is CC(C(=O)NC1CCC(=O)N(C)C1=O)c1cccc(N)c1. The predicted molar refractivity (Wildman–Crippen MR) is 78.2 cm³/mol. The first kappa shape index (κ1) is 15.0. The molecule has 2 atom stereocenters. The molecule has 3 N–H and O–H groups in total. The molecule has 1 aliphatic rings. The average molecular weight is 289 g/mol. The fourth-order valence-electron chi connectivity index (χ4n) is 2.33. The van der Waals surface area contributed by atoms with E-state index in [1.165, 1.54) is 7.05 Å². The zero-order valence-electron chi connectivity index (χ0n) is 12.1. The molecule has 0 spiro atoms. The monoisotopic (exact) mass is 289 g/mol. The number of amides is 3. The summed E-state index contributed by atoms with van der Waals surface area (Å²) in [4.78, 5) is 36.7. The van der Waals surface area contributed by atoms with Gasteiger partial charge in [0.25, 0.3) is 5.91 Å². The van der Waals surface area contributed by atoms with Gasteiger partial charge < -0.3 is 11.1 Å². The molecule has 112 valence electrons. The quantitative estimate of drug-likeness (QED) is 0.630. The van der Waals surface area contributed by atoms with Crippen molar-refractivity contribution in [1.29, 1.82) is 0 Å². The van der Waals surface area contributed by atoms with Crippen molar-refractivity contribution in [3.05, 3.63) is 29.8 Å². The molecule has 1 heterocycles. The molecule has 1 aliphatic heterocycles. The number of benzene rings is 1. The number of nitrogens with zero attached hydrogens (tertiary/aromatic N) is 1. The number of likely N-dealkylation sites (N-methyl/N-ethyl adjacent to an activating group) is 1. The fraction of sp³-hybridized carbons (Fsp3) is 0.400. The number of nitrogen functional groups attached to an aromatic ring is 1. The Morgan fingerprint density at radius 2 is 2.14 bits per heavy atom. The second kappa shape index (κ2) is 5.95. The van der Waals surface area contributed by atoms with E-state index in [0.717, 1.165) is 10.5 Å². The van der Waals surface area contributed by atoms with Gasteiger partial charge in [-0.3, -0.25) is 19.3 Å². The minimum absolute atomic E-state index is 0.214. The van der Waals surface area contributed by atoms with E-state index in [1.54, 1.807) is 25.1 Å². The Morgan fingerprint density at radius 3 is 2.81 bits per heavy atom. The normalized spacial score (nSPS) is 20.3. The van der Waals surface area contributed by atoms with Gasteiger partial charge in [-0.15, -0.1) is 0 Å². The summed E-state index contributed by atoms with van der Waals surface area (Å²) in [5.74, 6) is -1.24. The second-order valence-corrected chi connectivity index (χ2v) is 5.28. The summed E-state index contributed by atoms with van der Waals surface area (Å²) in [6, 6.07) is 6.46. The van der Waals surface area contributed by atoms with Crippen LogP contribution in [0, 0.1) is 0 Å². The van der Waals surface area contributed by atoms with Crippen LogP contribution in [0.25, 0.3) is 0 Å². The van der Waals surface area contributed by atoms with Crippen molar-refractivity contribution in [3.8, 4) is 0 Å². The van der Waals surface area contributed by atoms with Crippen molar-refractivity contribution < 1.29 is 14.4 Å². The van der Waals surface area contributed by atoms with Crippen molar-refractivity contribution in [2.75, 3.05) is 12.8 Å². The van der Waals surface area contributed by atoms with E-state index in [0.29, 0.717) is 12.1 Å². The molecule has 3 amide bonds. The van der Waals surface area contributed by atoms with E-state index in [2.05, 4.69) is 5.32 Å². The Morgan fingerprint density at radius 1 is 1.43 bits per heavy atom. The molecular weight excluding hydrogens is 270 g/mol. The Hall–Kier alpha value is -2.37. The van der Waals surface area contributed by atoms with Gasteiger partial charge in [-0.25, -0.2) is 0 Å². The molecule has 2 unspecified atom stereocenters. The van der Waals surface area contributed by atoms with E-state index in [-0.39, 0.29) is 24.1 Å². The van der Waals surface area contributed by atoms with Crippen molar-refractivity contribution >= 4 is 23.4 Å². The lowest BCUT2D eigenvalue weighted by molar-refractivity contribution is -0.149. The summed E-state index contributed by atoms with van der Waals surface area (Å²) in [7, 11) is 1.43. The molecule has 0 aromatic heterocycles. The van der Waals surface area contributed by atoms with Crippen LogP contribution in [0.3, 0.4) is 0 Å². The first-order chi connectivity index (χ1) is 9.90. The largest absolute Gasteiger partial charge is 0.399 e. The number of imide groups is 1. The van der Waals surface area contributed by atoms with E-state index in [1.807, 2.05) is 6.07 Å². The molecule has 0 bridgehead atoms. The maximum Gasteiger partial charge on any atom is 0.251 e. The van der Waals surface area contributed by atoms with E-state index >= 15 is 0 Å².